The first-order chi connectivity index (χ1) is 12.6. The summed E-state index contributed by atoms with van der Waals surface area (Å²) in [4.78, 5) is 28.4. The molecule has 1 aromatic heterocycles. The van der Waals surface area contributed by atoms with Crippen molar-refractivity contribution in [2.24, 2.45) is 10.1 Å². The number of aliphatic imine (C=N–C) groups is 1. The van der Waals surface area contributed by atoms with Gasteiger partial charge in [0.25, 0.3) is 5.91 Å². The molecule has 1 aliphatic rings. The van der Waals surface area contributed by atoms with Crippen LogP contribution in [-0.4, -0.2) is 29.4 Å². The molecule has 26 heavy (non-hydrogen) atoms. The number of nitrogens with zero attached hydrogens (tertiary/aromatic N) is 2. The SMILES string of the molecule is C/C(=N\NC(=O)C[C@H]1N=C(Cc2ccccc2)NNC1=O)c1ccco1. The topological polar surface area (TPSA) is 108 Å². The third kappa shape index (κ3) is 4.56. The van der Waals surface area contributed by atoms with E-state index < -0.39 is 11.9 Å². The molecule has 0 bridgehead atoms. The van der Waals surface area contributed by atoms with Gasteiger partial charge in [-0.25, -0.2) is 5.43 Å². The lowest BCUT2D eigenvalue weighted by Crippen LogP contribution is -2.52. The van der Waals surface area contributed by atoms with Crippen LogP contribution < -0.4 is 16.3 Å². The number of hydrazine groups is 1. The Morgan fingerprint density at radius 2 is 2.04 bits per heavy atom. The molecule has 2 amide bonds. The summed E-state index contributed by atoms with van der Waals surface area (Å²) in [5.74, 6) is 0.404. The zero-order valence-electron chi connectivity index (χ0n) is 14.2. The van der Waals surface area contributed by atoms with Gasteiger partial charge in [-0.3, -0.25) is 25.4 Å². The molecule has 0 radical (unpaired) electrons. The van der Waals surface area contributed by atoms with Gasteiger partial charge in [-0.15, -0.1) is 0 Å². The van der Waals surface area contributed by atoms with Crippen molar-refractivity contribution in [2.45, 2.75) is 25.8 Å². The van der Waals surface area contributed by atoms with E-state index in [9.17, 15) is 9.59 Å². The van der Waals surface area contributed by atoms with Gasteiger partial charge in [0.1, 0.15) is 23.3 Å². The average Bonchev–Trinajstić information content (AvgIpc) is 3.18. The molecule has 134 valence electrons. The van der Waals surface area contributed by atoms with Gasteiger partial charge >= 0.3 is 0 Å². The molecule has 1 aromatic carbocycles. The van der Waals surface area contributed by atoms with Gasteiger partial charge in [0.2, 0.25) is 5.91 Å². The van der Waals surface area contributed by atoms with Gasteiger partial charge in [0, 0.05) is 6.42 Å². The minimum Gasteiger partial charge on any atom is -0.463 e. The number of carbonyl (C=O) groups excluding carboxylic acids is 2. The molecule has 0 spiro atoms. The highest BCUT2D eigenvalue weighted by atomic mass is 16.3. The highest BCUT2D eigenvalue weighted by Crippen LogP contribution is 2.07. The third-order valence-electron chi connectivity index (χ3n) is 3.76. The number of nitrogens with one attached hydrogen (secondary N) is 3. The molecule has 8 heteroatoms. The largest absolute Gasteiger partial charge is 0.463 e. The molecule has 0 saturated heterocycles. The number of hydrogen-bond acceptors (Lipinski definition) is 6. The Kier molecular flexibility index (Phi) is 5.43. The Labute approximate surface area is 150 Å². The Balaban J connectivity index is 1.60. The maximum Gasteiger partial charge on any atom is 0.263 e. The number of benzene rings is 1. The number of carbonyl (C=O) groups is 2. The van der Waals surface area contributed by atoms with Crippen molar-refractivity contribution in [1.82, 2.24) is 16.3 Å². The molecular formula is C18H19N5O3. The predicted molar refractivity (Wildman–Crippen MR) is 96.3 cm³/mol. The highest BCUT2D eigenvalue weighted by molar-refractivity contribution is 5.98. The monoisotopic (exact) mass is 353 g/mol. The van der Waals surface area contributed by atoms with Gasteiger partial charge in [0.05, 0.1) is 12.7 Å². The van der Waals surface area contributed by atoms with E-state index in [1.807, 2.05) is 30.3 Å². The van der Waals surface area contributed by atoms with Crippen LogP contribution in [0.15, 0.2) is 63.2 Å². The first-order valence-electron chi connectivity index (χ1n) is 8.15. The van der Waals surface area contributed by atoms with Crippen molar-refractivity contribution < 1.29 is 14.0 Å². The maximum atomic E-state index is 12.1. The van der Waals surface area contributed by atoms with E-state index in [4.69, 9.17) is 4.42 Å². The number of hydrazone groups is 1. The summed E-state index contributed by atoms with van der Waals surface area (Å²) in [6.07, 6.45) is 1.97. The van der Waals surface area contributed by atoms with Crippen LogP contribution in [0, 0.1) is 0 Å². The van der Waals surface area contributed by atoms with Crippen LogP contribution in [0.3, 0.4) is 0 Å². The Morgan fingerprint density at radius 1 is 1.23 bits per heavy atom. The van der Waals surface area contributed by atoms with Crippen LogP contribution in [0.25, 0.3) is 0 Å². The summed E-state index contributed by atoms with van der Waals surface area (Å²) >= 11 is 0. The molecule has 1 atom stereocenters. The second-order valence-electron chi connectivity index (χ2n) is 5.78. The fraction of sp³-hybridized carbons (Fsp3) is 0.222. The highest BCUT2D eigenvalue weighted by Gasteiger charge is 2.25. The molecule has 3 rings (SSSR count). The summed E-state index contributed by atoms with van der Waals surface area (Å²) in [5.41, 5.74) is 9.32. The number of furan rings is 1. The van der Waals surface area contributed by atoms with Crippen LogP contribution in [-0.2, 0) is 16.0 Å². The van der Waals surface area contributed by atoms with E-state index in [0.29, 0.717) is 23.7 Å². The van der Waals surface area contributed by atoms with E-state index >= 15 is 0 Å². The van der Waals surface area contributed by atoms with Crippen LogP contribution >= 0.6 is 0 Å². The van der Waals surface area contributed by atoms with E-state index in [2.05, 4.69) is 26.4 Å². The van der Waals surface area contributed by atoms with Crippen molar-refractivity contribution in [1.29, 1.82) is 0 Å². The molecule has 8 nitrogen and oxygen atoms in total. The van der Waals surface area contributed by atoms with Crippen molar-refractivity contribution in [3.63, 3.8) is 0 Å². The smallest absolute Gasteiger partial charge is 0.263 e. The molecule has 2 aromatic rings. The van der Waals surface area contributed by atoms with Crippen molar-refractivity contribution in [3.05, 3.63) is 60.1 Å². The second-order valence-corrected chi connectivity index (χ2v) is 5.78. The summed E-state index contributed by atoms with van der Waals surface area (Å²) in [7, 11) is 0. The predicted octanol–water partition coefficient (Wildman–Crippen LogP) is 1.15. The number of rotatable bonds is 6. The second kappa shape index (κ2) is 8.11. The lowest BCUT2D eigenvalue weighted by atomic mass is 10.1. The van der Waals surface area contributed by atoms with Gasteiger partial charge < -0.3 is 4.42 Å². The summed E-state index contributed by atoms with van der Waals surface area (Å²) < 4.78 is 5.19. The Hall–Kier alpha value is -3.42. The van der Waals surface area contributed by atoms with Crippen LogP contribution in [0.1, 0.15) is 24.7 Å². The maximum absolute atomic E-state index is 12.1. The van der Waals surface area contributed by atoms with E-state index in [-0.39, 0.29) is 12.3 Å². The quantitative estimate of drug-likeness (QED) is 0.535. The molecule has 0 aliphatic carbocycles. The standard InChI is InChI=1S/C18H19N5O3/c1-12(15-8-5-9-26-15)20-22-17(24)11-14-18(25)23-21-16(19-14)10-13-6-3-2-4-7-13/h2-9,14H,10-11H2,1H3,(H,19,21)(H,22,24)(H,23,25)/b20-12+/t14-/m1/s1. The fourth-order valence-corrected chi connectivity index (χ4v) is 2.42. The van der Waals surface area contributed by atoms with Crippen LogP contribution in [0.4, 0.5) is 0 Å². The van der Waals surface area contributed by atoms with E-state index in [1.54, 1.807) is 19.1 Å². The molecule has 0 fully saturated rings. The number of amidine groups is 1. The lowest BCUT2D eigenvalue weighted by Gasteiger charge is -2.21. The van der Waals surface area contributed by atoms with Crippen molar-refractivity contribution in [3.8, 4) is 0 Å². The Morgan fingerprint density at radius 3 is 2.77 bits per heavy atom. The minimum absolute atomic E-state index is 0.0965. The lowest BCUT2D eigenvalue weighted by molar-refractivity contribution is -0.128. The zero-order chi connectivity index (χ0) is 18.4. The van der Waals surface area contributed by atoms with Gasteiger partial charge in [-0.2, -0.15) is 5.10 Å². The van der Waals surface area contributed by atoms with Gasteiger partial charge in [-0.1, -0.05) is 30.3 Å². The van der Waals surface area contributed by atoms with Crippen LogP contribution in [0.2, 0.25) is 0 Å². The average molecular weight is 353 g/mol. The van der Waals surface area contributed by atoms with Gasteiger partial charge in [0.15, 0.2) is 0 Å². The molecular weight excluding hydrogens is 334 g/mol. The molecule has 0 unspecified atom stereocenters. The fourth-order valence-electron chi connectivity index (χ4n) is 2.42. The number of hydrogen-bond donors (Lipinski definition) is 3. The zero-order valence-corrected chi connectivity index (χ0v) is 14.2. The first kappa shape index (κ1) is 17.4. The first-order valence-corrected chi connectivity index (χ1v) is 8.15. The normalized spacial score (nSPS) is 17.1. The van der Waals surface area contributed by atoms with E-state index in [1.165, 1.54) is 6.26 Å². The van der Waals surface area contributed by atoms with Crippen molar-refractivity contribution in [2.75, 3.05) is 0 Å². The summed E-state index contributed by atoms with van der Waals surface area (Å²) in [5, 5.41) is 3.97. The molecule has 2 heterocycles. The molecule has 1 aliphatic heterocycles. The summed E-state index contributed by atoms with van der Waals surface area (Å²) in [6.45, 7) is 1.71. The van der Waals surface area contributed by atoms with E-state index in [0.717, 1.165) is 5.56 Å². The molecule has 0 saturated carbocycles. The Bertz CT molecular complexity index is 828. The van der Waals surface area contributed by atoms with Gasteiger partial charge in [-0.05, 0) is 24.6 Å². The third-order valence-corrected chi connectivity index (χ3v) is 3.76. The molecule has 3 N–H and O–H groups in total. The summed E-state index contributed by atoms with van der Waals surface area (Å²) in [6, 6.07) is 12.4. The minimum atomic E-state index is -0.797. The van der Waals surface area contributed by atoms with Crippen molar-refractivity contribution >= 4 is 23.4 Å². The van der Waals surface area contributed by atoms with Crippen LogP contribution in [0.5, 0.6) is 0 Å². The number of amides is 2.